The van der Waals surface area contributed by atoms with Crippen molar-refractivity contribution in [2.75, 3.05) is 26.2 Å². The van der Waals surface area contributed by atoms with Gasteiger partial charge in [-0.2, -0.15) is 0 Å². The van der Waals surface area contributed by atoms with Gasteiger partial charge in [-0.1, -0.05) is 20.8 Å². The molecule has 3 nitrogen and oxygen atoms in total. The second-order valence-corrected chi connectivity index (χ2v) is 3.51. The van der Waals surface area contributed by atoms with Gasteiger partial charge >= 0.3 is 0 Å². The molecule has 0 saturated carbocycles. The Hall–Kier alpha value is -0.120. The van der Waals surface area contributed by atoms with Gasteiger partial charge in [-0.15, -0.1) is 0 Å². The smallest absolute Gasteiger partial charge is 0.0344 e. The standard InChI is InChI=1S/C10H25N3/c1-5-12-10(9(4)11)8-13(6-2)7-3/h9-10,12H,5-8,11H2,1-4H3. The lowest BCUT2D eigenvalue weighted by Crippen LogP contribution is -2.50. The van der Waals surface area contributed by atoms with Crippen LogP contribution in [0.15, 0.2) is 0 Å². The van der Waals surface area contributed by atoms with E-state index in [2.05, 4.69) is 37.9 Å². The fourth-order valence-electron chi connectivity index (χ4n) is 1.44. The van der Waals surface area contributed by atoms with Crippen molar-refractivity contribution in [2.45, 2.75) is 39.8 Å². The summed E-state index contributed by atoms with van der Waals surface area (Å²) in [7, 11) is 0. The molecule has 0 heterocycles. The van der Waals surface area contributed by atoms with Crippen LogP contribution in [0, 0.1) is 0 Å². The molecule has 0 rings (SSSR count). The van der Waals surface area contributed by atoms with Gasteiger partial charge in [-0.05, 0) is 26.6 Å². The third-order valence-corrected chi connectivity index (χ3v) is 2.45. The molecular weight excluding hydrogens is 162 g/mol. The van der Waals surface area contributed by atoms with Crippen molar-refractivity contribution in [1.29, 1.82) is 0 Å². The lowest BCUT2D eigenvalue weighted by molar-refractivity contribution is 0.252. The number of likely N-dealkylation sites (N-methyl/N-ethyl adjacent to an activating group) is 2. The zero-order valence-corrected chi connectivity index (χ0v) is 9.51. The summed E-state index contributed by atoms with van der Waals surface area (Å²) < 4.78 is 0. The van der Waals surface area contributed by atoms with E-state index < -0.39 is 0 Å². The van der Waals surface area contributed by atoms with Gasteiger partial charge in [-0.3, -0.25) is 0 Å². The van der Waals surface area contributed by atoms with E-state index in [1.165, 1.54) is 0 Å². The van der Waals surface area contributed by atoms with E-state index in [1.54, 1.807) is 0 Å². The Morgan fingerprint density at radius 3 is 2.08 bits per heavy atom. The predicted molar refractivity (Wildman–Crippen MR) is 58.9 cm³/mol. The highest BCUT2D eigenvalue weighted by Crippen LogP contribution is 1.95. The third-order valence-electron chi connectivity index (χ3n) is 2.45. The van der Waals surface area contributed by atoms with Crippen molar-refractivity contribution >= 4 is 0 Å². The summed E-state index contributed by atoms with van der Waals surface area (Å²) in [5, 5.41) is 3.41. The van der Waals surface area contributed by atoms with E-state index in [9.17, 15) is 0 Å². The minimum atomic E-state index is 0.223. The fourth-order valence-corrected chi connectivity index (χ4v) is 1.44. The summed E-state index contributed by atoms with van der Waals surface area (Å²) in [5.41, 5.74) is 5.89. The van der Waals surface area contributed by atoms with Gasteiger partial charge in [0.25, 0.3) is 0 Å². The predicted octanol–water partition coefficient (Wildman–Crippen LogP) is 0.654. The molecule has 0 aliphatic carbocycles. The van der Waals surface area contributed by atoms with Crippen LogP contribution in [0.1, 0.15) is 27.7 Å². The number of hydrogen-bond donors (Lipinski definition) is 2. The molecule has 0 aromatic heterocycles. The lowest BCUT2D eigenvalue weighted by atomic mass is 10.1. The van der Waals surface area contributed by atoms with Crippen LogP contribution in [0.5, 0.6) is 0 Å². The van der Waals surface area contributed by atoms with Gasteiger partial charge in [0.2, 0.25) is 0 Å². The third kappa shape index (κ3) is 5.24. The Bertz CT molecular complexity index is 111. The highest BCUT2D eigenvalue weighted by molar-refractivity contribution is 4.78. The molecule has 2 atom stereocenters. The van der Waals surface area contributed by atoms with E-state index in [-0.39, 0.29) is 6.04 Å². The highest BCUT2D eigenvalue weighted by Gasteiger charge is 2.14. The maximum Gasteiger partial charge on any atom is 0.0344 e. The maximum absolute atomic E-state index is 5.89. The zero-order valence-electron chi connectivity index (χ0n) is 9.51. The van der Waals surface area contributed by atoms with Crippen molar-refractivity contribution in [3.63, 3.8) is 0 Å². The quantitative estimate of drug-likeness (QED) is 0.615. The normalized spacial score (nSPS) is 16.2. The first-order valence-corrected chi connectivity index (χ1v) is 5.36. The summed E-state index contributed by atoms with van der Waals surface area (Å²) in [4.78, 5) is 2.40. The molecule has 0 aromatic carbocycles. The van der Waals surface area contributed by atoms with E-state index >= 15 is 0 Å². The summed E-state index contributed by atoms with van der Waals surface area (Å²) in [6.07, 6.45) is 0. The van der Waals surface area contributed by atoms with Crippen molar-refractivity contribution in [1.82, 2.24) is 10.2 Å². The van der Waals surface area contributed by atoms with Crippen LogP contribution in [0.4, 0.5) is 0 Å². The molecule has 0 aliphatic rings. The molecule has 0 amide bonds. The second kappa shape index (κ2) is 7.30. The SMILES string of the molecule is CCNC(CN(CC)CC)C(C)N. The minimum absolute atomic E-state index is 0.223. The van der Waals surface area contributed by atoms with Crippen LogP contribution in [-0.2, 0) is 0 Å². The van der Waals surface area contributed by atoms with E-state index in [0.717, 1.165) is 26.2 Å². The largest absolute Gasteiger partial charge is 0.326 e. The molecule has 0 fully saturated rings. The first kappa shape index (κ1) is 12.9. The van der Waals surface area contributed by atoms with Crippen molar-refractivity contribution in [3.8, 4) is 0 Å². The van der Waals surface area contributed by atoms with Gasteiger partial charge in [0.05, 0.1) is 0 Å². The van der Waals surface area contributed by atoms with Gasteiger partial charge in [0, 0.05) is 18.6 Å². The Morgan fingerprint density at radius 1 is 1.23 bits per heavy atom. The van der Waals surface area contributed by atoms with Crippen LogP contribution in [0.25, 0.3) is 0 Å². The Kier molecular flexibility index (Phi) is 7.23. The van der Waals surface area contributed by atoms with Crippen LogP contribution in [0.3, 0.4) is 0 Å². The number of rotatable bonds is 7. The molecule has 0 aliphatic heterocycles. The van der Waals surface area contributed by atoms with Gasteiger partial charge in [0.15, 0.2) is 0 Å². The van der Waals surface area contributed by atoms with E-state index in [1.807, 2.05) is 0 Å². The second-order valence-electron chi connectivity index (χ2n) is 3.51. The van der Waals surface area contributed by atoms with E-state index in [0.29, 0.717) is 6.04 Å². The topological polar surface area (TPSA) is 41.3 Å². The molecule has 2 unspecified atom stereocenters. The molecule has 13 heavy (non-hydrogen) atoms. The number of nitrogens with zero attached hydrogens (tertiary/aromatic N) is 1. The zero-order chi connectivity index (χ0) is 10.3. The summed E-state index contributed by atoms with van der Waals surface area (Å²) >= 11 is 0. The maximum atomic E-state index is 5.89. The summed E-state index contributed by atoms with van der Waals surface area (Å²) in [6, 6.07) is 0.644. The van der Waals surface area contributed by atoms with Crippen LogP contribution in [0.2, 0.25) is 0 Å². The van der Waals surface area contributed by atoms with Crippen molar-refractivity contribution in [3.05, 3.63) is 0 Å². The average Bonchev–Trinajstić information content (AvgIpc) is 2.11. The van der Waals surface area contributed by atoms with E-state index in [4.69, 9.17) is 5.73 Å². The molecule has 80 valence electrons. The lowest BCUT2D eigenvalue weighted by Gasteiger charge is -2.28. The first-order valence-electron chi connectivity index (χ1n) is 5.36. The van der Waals surface area contributed by atoms with Crippen molar-refractivity contribution < 1.29 is 0 Å². The van der Waals surface area contributed by atoms with Gasteiger partial charge in [-0.25, -0.2) is 0 Å². The summed E-state index contributed by atoms with van der Waals surface area (Å²) in [6.45, 7) is 12.8. The van der Waals surface area contributed by atoms with Crippen molar-refractivity contribution in [2.24, 2.45) is 5.73 Å². The van der Waals surface area contributed by atoms with Crippen LogP contribution in [-0.4, -0.2) is 43.2 Å². The first-order chi connectivity index (χ1) is 6.15. The molecule has 0 aromatic rings. The number of nitrogens with one attached hydrogen (secondary N) is 1. The Morgan fingerprint density at radius 2 is 1.77 bits per heavy atom. The van der Waals surface area contributed by atoms with Crippen LogP contribution < -0.4 is 11.1 Å². The fraction of sp³-hybridized carbons (Fsp3) is 1.00. The monoisotopic (exact) mass is 187 g/mol. The number of nitrogens with two attached hydrogens (primary N) is 1. The minimum Gasteiger partial charge on any atom is -0.326 e. The van der Waals surface area contributed by atoms with Crippen LogP contribution >= 0.6 is 0 Å². The summed E-state index contributed by atoms with van der Waals surface area (Å²) in [5.74, 6) is 0. The molecule has 3 heteroatoms. The Labute approximate surface area is 82.7 Å². The molecule has 0 bridgehead atoms. The molecule has 0 saturated heterocycles. The highest BCUT2D eigenvalue weighted by atomic mass is 15.1. The number of hydrogen-bond acceptors (Lipinski definition) is 3. The van der Waals surface area contributed by atoms with Gasteiger partial charge < -0.3 is 16.0 Å². The molecule has 3 N–H and O–H groups in total. The van der Waals surface area contributed by atoms with Gasteiger partial charge in [0.1, 0.15) is 0 Å². The Balaban J connectivity index is 3.91. The molecular formula is C10H25N3. The molecule has 0 spiro atoms. The average molecular weight is 187 g/mol. The molecule has 0 radical (unpaired) electrons.